The van der Waals surface area contributed by atoms with Crippen LogP contribution in [0.1, 0.15) is 24.8 Å². The molecule has 0 atom stereocenters. The van der Waals surface area contributed by atoms with Crippen molar-refractivity contribution in [1.29, 1.82) is 0 Å². The summed E-state index contributed by atoms with van der Waals surface area (Å²) in [5, 5.41) is 2.69. The highest BCUT2D eigenvalue weighted by Gasteiger charge is 2.10. The van der Waals surface area contributed by atoms with Crippen molar-refractivity contribution in [2.45, 2.75) is 25.8 Å². The van der Waals surface area contributed by atoms with Crippen LogP contribution >= 0.6 is 0 Å². The van der Waals surface area contributed by atoms with E-state index in [4.69, 9.17) is 4.74 Å². The Kier molecular flexibility index (Phi) is 5.62. The van der Waals surface area contributed by atoms with Gasteiger partial charge in [-0.1, -0.05) is 31.2 Å². The first-order valence-corrected chi connectivity index (χ1v) is 7.14. The fourth-order valence-electron chi connectivity index (χ4n) is 2.36. The number of likely N-dealkylation sites (tertiary alicyclic amines) is 1. The molecule has 2 rings (SSSR count). The number of benzene rings is 1. The number of amides is 1. The Balaban J connectivity index is 1.82. The molecule has 1 aliphatic heterocycles. The van der Waals surface area contributed by atoms with Crippen LogP contribution in [-0.2, 0) is 11.3 Å². The number of nitrogens with zero attached hydrogens (tertiary/aromatic N) is 1. The van der Waals surface area contributed by atoms with Crippen molar-refractivity contribution in [3.8, 4) is 0 Å². The molecule has 0 unspecified atom stereocenters. The van der Waals surface area contributed by atoms with E-state index in [1.807, 2.05) is 12.1 Å². The van der Waals surface area contributed by atoms with Crippen molar-refractivity contribution >= 4 is 11.8 Å². The van der Waals surface area contributed by atoms with E-state index in [9.17, 15) is 4.79 Å². The lowest BCUT2D eigenvalue weighted by Crippen LogP contribution is -2.29. The minimum atomic E-state index is -0.450. The topological polar surface area (TPSA) is 41.6 Å². The largest absolute Gasteiger partial charge is 0.445 e. The van der Waals surface area contributed by atoms with E-state index in [-0.39, 0.29) is 6.61 Å². The monoisotopic (exact) mass is 274 g/mol. The minimum Gasteiger partial charge on any atom is -0.445 e. The smallest absolute Gasteiger partial charge is 0.411 e. The second kappa shape index (κ2) is 7.70. The summed E-state index contributed by atoms with van der Waals surface area (Å²) in [4.78, 5) is 13.9. The van der Waals surface area contributed by atoms with E-state index in [2.05, 4.69) is 28.9 Å². The van der Waals surface area contributed by atoms with Crippen LogP contribution in [0.15, 0.2) is 36.9 Å². The predicted octanol–water partition coefficient (Wildman–Crippen LogP) is 3.41. The molecule has 4 heteroatoms. The van der Waals surface area contributed by atoms with E-state index in [0.29, 0.717) is 0 Å². The molecule has 1 aliphatic rings. The molecule has 108 valence electrons. The number of carbonyl (C=O) groups excluding carboxylic acids is 1. The second-order valence-corrected chi connectivity index (χ2v) is 5.05. The van der Waals surface area contributed by atoms with Gasteiger partial charge < -0.3 is 4.74 Å². The van der Waals surface area contributed by atoms with Crippen molar-refractivity contribution in [2.75, 3.05) is 25.0 Å². The molecule has 1 aromatic carbocycles. The Hall–Kier alpha value is -1.81. The van der Waals surface area contributed by atoms with Crippen LogP contribution in [0.4, 0.5) is 10.5 Å². The van der Waals surface area contributed by atoms with Gasteiger partial charge in [0.05, 0.1) is 0 Å². The molecule has 4 nitrogen and oxygen atoms in total. The summed E-state index contributed by atoms with van der Waals surface area (Å²) in [5.74, 6) is 0. The van der Waals surface area contributed by atoms with E-state index in [0.717, 1.165) is 12.2 Å². The lowest BCUT2D eigenvalue weighted by Gasteiger charge is -2.26. The Labute approximate surface area is 120 Å². The Morgan fingerprint density at radius 2 is 1.95 bits per heavy atom. The highest BCUT2D eigenvalue weighted by molar-refractivity contribution is 5.84. The molecule has 0 saturated carbocycles. The predicted molar refractivity (Wildman–Crippen MR) is 80.7 cm³/mol. The van der Waals surface area contributed by atoms with Gasteiger partial charge >= 0.3 is 6.09 Å². The van der Waals surface area contributed by atoms with Gasteiger partial charge in [-0.15, -0.1) is 0 Å². The normalized spacial score (nSPS) is 15.6. The van der Waals surface area contributed by atoms with Crippen LogP contribution in [0.25, 0.3) is 0 Å². The lowest BCUT2D eigenvalue weighted by molar-refractivity contribution is 0.174. The molecular weight excluding hydrogens is 252 g/mol. The van der Waals surface area contributed by atoms with E-state index in [1.54, 1.807) is 6.08 Å². The number of piperidine rings is 1. The molecule has 1 heterocycles. The molecular formula is C16H22N2O2. The van der Waals surface area contributed by atoms with Crippen LogP contribution in [0, 0.1) is 0 Å². The molecule has 1 aromatic rings. The SMILES string of the molecule is C=CCOC(=O)Nc1ccc(CN2CCCCC2)cc1. The number of hydrogen-bond donors (Lipinski definition) is 1. The van der Waals surface area contributed by atoms with Crippen LogP contribution in [0.3, 0.4) is 0 Å². The van der Waals surface area contributed by atoms with Gasteiger partial charge in [-0.3, -0.25) is 10.2 Å². The molecule has 1 fully saturated rings. The number of ether oxygens (including phenoxy) is 1. The average Bonchev–Trinajstić information content (AvgIpc) is 2.48. The van der Waals surface area contributed by atoms with Crippen LogP contribution < -0.4 is 5.32 Å². The number of rotatable bonds is 5. The maximum Gasteiger partial charge on any atom is 0.411 e. The Morgan fingerprint density at radius 1 is 1.25 bits per heavy atom. The van der Waals surface area contributed by atoms with Crippen molar-refractivity contribution in [2.24, 2.45) is 0 Å². The fourth-order valence-corrected chi connectivity index (χ4v) is 2.36. The molecule has 1 saturated heterocycles. The zero-order valence-corrected chi connectivity index (χ0v) is 11.8. The van der Waals surface area contributed by atoms with Gasteiger partial charge in [0.15, 0.2) is 0 Å². The number of nitrogens with one attached hydrogen (secondary N) is 1. The average molecular weight is 274 g/mol. The van der Waals surface area contributed by atoms with Gasteiger partial charge in [0.1, 0.15) is 6.61 Å². The van der Waals surface area contributed by atoms with Crippen LogP contribution in [-0.4, -0.2) is 30.7 Å². The summed E-state index contributed by atoms with van der Waals surface area (Å²) < 4.78 is 4.87. The summed E-state index contributed by atoms with van der Waals surface area (Å²) >= 11 is 0. The Bertz CT molecular complexity index is 436. The Morgan fingerprint density at radius 3 is 2.60 bits per heavy atom. The first-order chi connectivity index (χ1) is 9.78. The van der Waals surface area contributed by atoms with E-state index in [1.165, 1.54) is 37.9 Å². The van der Waals surface area contributed by atoms with Gasteiger partial charge in [0.25, 0.3) is 0 Å². The third kappa shape index (κ3) is 4.70. The lowest BCUT2D eigenvalue weighted by atomic mass is 10.1. The molecule has 0 aliphatic carbocycles. The number of carbonyl (C=O) groups is 1. The van der Waals surface area contributed by atoms with Crippen molar-refractivity contribution < 1.29 is 9.53 Å². The number of anilines is 1. The van der Waals surface area contributed by atoms with E-state index < -0.39 is 6.09 Å². The van der Waals surface area contributed by atoms with E-state index >= 15 is 0 Å². The zero-order valence-electron chi connectivity index (χ0n) is 11.8. The summed E-state index contributed by atoms with van der Waals surface area (Å²) in [6.45, 7) is 7.08. The van der Waals surface area contributed by atoms with Gasteiger partial charge in [-0.2, -0.15) is 0 Å². The third-order valence-corrected chi connectivity index (χ3v) is 3.39. The van der Waals surface area contributed by atoms with Crippen molar-refractivity contribution in [3.05, 3.63) is 42.5 Å². The molecule has 0 aromatic heterocycles. The molecule has 0 bridgehead atoms. The van der Waals surface area contributed by atoms with Crippen LogP contribution in [0.2, 0.25) is 0 Å². The standard InChI is InChI=1S/C16H22N2O2/c1-2-12-20-16(19)17-15-8-6-14(7-9-15)13-18-10-4-3-5-11-18/h2,6-9H,1,3-5,10-13H2,(H,17,19). The van der Waals surface area contributed by atoms with Gasteiger partial charge in [-0.25, -0.2) is 4.79 Å². The molecule has 20 heavy (non-hydrogen) atoms. The fraction of sp³-hybridized carbons (Fsp3) is 0.438. The van der Waals surface area contributed by atoms with Gasteiger partial charge in [-0.05, 0) is 43.6 Å². The summed E-state index contributed by atoms with van der Waals surface area (Å²) in [6.07, 6.45) is 5.05. The van der Waals surface area contributed by atoms with Crippen molar-refractivity contribution in [3.63, 3.8) is 0 Å². The zero-order chi connectivity index (χ0) is 14.2. The maximum atomic E-state index is 11.4. The van der Waals surface area contributed by atoms with Gasteiger partial charge in [0, 0.05) is 12.2 Å². The summed E-state index contributed by atoms with van der Waals surface area (Å²) in [5.41, 5.74) is 2.03. The molecule has 0 spiro atoms. The molecule has 1 amide bonds. The maximum absolute atomic E-state index is 11.4. The summed E-state index contributed by atoms with van der Waals surface area (Å²) in [7, 11) is 0. The first kappa shape index (κ1) is 14.6. The quantitative estimate of drug-likeness (QED) is 0.837. The molecule has 0 radical (unpaired) electrons. The molecule has 1 N–H and O–H groups in total. The summed E-state index contributed by atoms with van der Waals surface area (Å²) in [6, 6.07) is 7.93. The first-order valence-electron chi connectivity index (χ1n) is 7.14. The second-order valence-electron chi connectivity index (χ2n) is 5.05. The third-order valence-electron chi connectivity index (χ3n) is 3.39. The highest BCUT2D eigenvalue weighted by Crippen LogP contribution is 2.15. The van der Waals surface area contributed by atoms with Crippen LogP contribution in [0.5, 0.6) is 0 Å². The van der Waals surface area contributed by atoms with Gasteiger partial charge in [0.2, 0.25) is 0 Å². The minimum absolute atomic E-state index is 0.221. The highest BCUT2D eigenvalue weighted by atomic mass is 16.5. The van der Waals surface area contributed by atoms with Crippen molar-refractivity contribution in [1.82, 2.24) is 4.90 Å². The number of hydrogen-bond acceptors (Lipinski definition) is 3.